The summed E-state index contributed by atoms with van der Waals surface area (Å²) in [6.45, 7) is 0.586. The summed E-state index contributed by atoms with van der Waals surface area (Å²) in [7, 11) is 4.72. The molecular weight excluding hydrogens is 458 g/mol. The number of ether oxygens (including phenoxy) is 4. The molecule has 2 N–H and O–H groups in total. The summed E-state index contributed by atoms with van der Waals surface area (Å²) in [6.07, 6.45) is 3.82. The van der Waals surface area contributed by atoms with Gasteiger partial charge >= 0.3 is 0 Å². The van der Waals surface area contributed by atoms with Gasteiger partial charge in [-0.25, -0.2) is 5.48 Å². The van der Waals surface area contributed by atoms with Crippen LogP contribution in [0.4, 0.5) is 0 Å². The van der Waals surface area contributed by atoms with Crippen molar-refractivity contribution in [2.75, 3.05) is 27.9 Å². The highest BCUT2D eigenvalue weighted by atomic mass is 32.1. The molecule has 10 heteroatoms. The highest BCUT2D eigenvalue weighted by Crippen LogP contribution is 2.42. The number of carbonyl (C=O) groups is 1. The van der Waals surface area contributed by atoms with E-state index in [0.717, 1.165) is 52.6 Å². The molecule has 1 heterocycles. The van der Waals surface area contributed by atoms with Crippen LogP contribution in [0.25, 0.3) is 21.1 Å². The van der Waals surface area contributed by atoms with E-state index >= 15 is 0 Å². The predicted molar refractivity (Wildman–Crippen MR) is 129 cm³/mol. The lowest BCUT2D eigenvalue weighted by Gasteiger charge is -2.13. The van der Waals surface area contributed by atoms with E-state index in [-0.39, 0.29) is 5.91 Å². The van der Waals surface area contributed by atoms with Gasteiger partial charge in [-0.05, 0) is 37.1 Å². The Labute approximate surface area is 202 Å². The van der Waals surface area contributed by atoms with Gasteiger partial charge in [-0.15, -0.1) is 10.2 Å². The van der Waals surface area contributed by atoms with Crippen molar-refractivity contribution in [1.29, 1.82) is 0 Å². The second kappa shape index (κ2) is 12.8. The van der Waals surface area contributed by atoms with Crippen LogP contribution in [0.2, 0.25) is 0 Å². The summed E-state index contributed by atoms with van der Waals surface area (Å²) in [5.74, 6) is 2.06. The number of nitrogens with one attached hydrogen (secondary N) is 1. The molecule has 2 aromatic carbocycles. The maximum absolute atomic E-state index is 11.0. The van der Waals surface area contributed by atoms with Crippen LogP contribution in [0.5, 0.6) is 23.0 Å². The van der Waals surface area contributed by atoms with E-state index in [4.69, 9.17) is 24.2 Å². The van der Waals surface area contributed by atoms with Crippen LogP contribution in [0.3, 0.4) is 0 Å². The molecule has 34 heavy (non-hydrogen) atoms. The van der Waals surface area contributed by atoms with Crippen LogP contribution < -0.4 is 24.4 Å². The molecule has 1 amide bonds. The van der Waals surface area contributed by atoms with Crippen LogP contribution >= 0.6 is 11.3 Å². The number of hydrogen-bond donors (Lipinski definition) is 2. The SMILES string of the molecule is COc1cc(-c2nnc(-c3cccc(OCCCCCCC(=O)NO)c3)s2)cc(OC)c1OC. The molecule has 0 atom stereocenters. The summed E-state index contributed by atoms with van der Waals surface area (Å²) in [4.78, 5) is 11.0. The number of methoxy groups -OCH3 is 3. The van der Waals surface area contributed by atoms with Gasteiger partial charge in [-0.1, -0.05) is 36.3 Å². The number of hydrogen-bond acceptors (Lipinski definition) is 9. The highest BCUT2D eigenvalue weighted by Gasteiger charge is 2.17. The number of unbranched alkanes of at least 4 members (excludes halogenated alkanes) is 3. The maximum atomic E-state index is 11.0. The first-order valence-corrected chi connectivity index (χ1v) is 11.7. The monoisotopic (exact) mass is 487 g/mol. The molecule has 9 nitrogen and oxygen atoms in total. The molecule has 0 saturated heterocycles. The quantitative estimate of drug-likeness (QED) is 0.202. The third-order valence-electron chi connectivity index (χ3n) is 5.11. The number of hydroxylamine groups is 1. The van der Waals surface area contributed by atoms with Gasteiger partial charge in [0.1, 0.15) is 15.8 Å². The first kappa shape index (κ1) is 25.3. The van der Waals surface area contributed by atoms with Crippen molar-refractivity contribution in [2.24, 2.45) is 0 Å². The Bertz CT molecular complexity index is 1060. The fourth-order valence-electron chi connectivity index (χ4n) is 3.37. The average molecular weight is 488 g/mol. The molecular formula is C24H29N3O6S. The van der Waals surface area contributed by atoms with Gasteiger partial charge in [0, 0.05) is 17.5 Å². The predicted octanol–water partition coefficient (Wildman–Crippen LogP) is 4.73. The molecule has 0 unspecified atom stereocenters. The van der Waals surface area contributed by atoms with E-state index in [0.29, 0.717) is 30.3 Å². The number of amides is 1. The minimum atomic E-state index is -0.349. The molecule has 0 saturated carbocycles. The molecule has 182 valence electrons. The van der Waals surface area contributed by atoms with Gasteiger partial charge in [0.05, 0.1) is 27.9 Å². The van der Waals surface area contributed by atoms with Crippen LogP contribution in [0.15, 0.2) is 36.4 Å². The normalized spacial score (nSPS) is 10.6. The summed E-state index contributed by atoms with van der Waals surface area (Å²) in [5, 5.41) is 18.7. The zero-order chi connectivity index (χ0) is 24.3. The van der Waals surface area contributed by atoms with Gasteiger partial charge in [-0.2, -0.15) is 0 Å². The topological polar surface area (TPSA) is 112 Å². The zero-order valence-corrected chi connectivity index (χ0v) is 20.3. The Hall–Kier alpha value is -3.37. The third kappa shape index (κ3) is 6.58. The molecule has 3 rings (SSSR count). The minimum Gasteiger partial charge on any atom is -0.494 e. The number of rotatable bonds is 13. The van der Waals surface area contributed by atoms with Gasteiger partial charge in [-0.3, -0.25) is 10.0 Å². The van der Waals surface area contributed by atoms with Crippen molar-refractivity contribution in [2.45, 2.75) is 32.1 Å². The van der Waals surface area contributed by atoms with E-state index in [1.807, 2.05) is 36.4 Å². The largest absolute Gasteiger partial charge is 0.494 e. The third-order valence-corrected chi connectivity index (χ3v) is 6.13. The molecule has 0 bridgehead atoms. The smallest absolute Gasteiger partial charge is 0.243 e. The standard InChI is InChI=1S/C24H29N3O6S/c1-30-19-14-17(15-20(31-2)22(19)32-3)24-26-25-23(34-24)16-9-8-10-18(13-16)33-12-7-5-4-6-11-21(28)27-29/h8-10,13-15,29H,4-7,11-12H2,1-3H3,(H,27,28). The van der Waals surface area contributed by atoms with Gasteiger partial charge in [0.25, 0.3) is 0 Å². The minimum absolute atomic E-state index is 0.333. The van der Waals surface area contributed by atoms with Gasteiger partial charge < -0.3 is 18.9 Å². The number of benzene rings is 2. The molecule has 0 aliphatic heterocycles. The Balaban J connectivity index is 1.62. The van der Waals surface area contributed by atoms with Crippen molar-refractivity contribution in [3.8, 4) is 44.1 Å². The van der Waals surface area contributed by atoms with E-state index in [9.17, 15) is 4.79 Å². The summed E-state index contributed by atoms with van der Waals surface area (Å²) in [5.41, 5.74) is 3.39. The fourth-order valence-corrected chi connectivity index (χ4v) is 4.19. The second-order valence-corrected chi connectivity index (χ2v) is 8.38. The lowest BCUT2D eigenvalue weighted by Crippen LogP contribution is -2.17. The van der Waals surface area contributed by atoms with Gasteiger partial charge in [0.2, 0.25) is 11.7 Å². The Morgan fingerprint density at radius 2 is 1.59 bits per heavy atom. The van der Waals surface area contributed by atoms with Gasteiger partial charge in [0.15, 0.2) is 11.5 Å². The van der Waals surface area contributed by atoms with Crippen molar-refractivity contribution in [3.05, 3.63) is 36.4 Å². The molecule has 1 aromatic heterocycles. The Kier molecular flexibility index (Phi) is 9.48. The van der Waals surface area contributed by atoms with Crippen LogP contribution in [-0.4, -0.2) is 49.2 Å². The summed E-state index contributed by atoms with van der Waals surface area (Å²) >= 11 is 1.46. The molecule has 0 fully saturated rings. The van der Waals surface area contributed by atoms with E-state index in [1.54, 1.807) is 26.8 Å². The average Bonchev–Trinajstić information content (AvgIpc) is 3.37. The van der Waals surface area contributed by atoms with E-state index < -0.39 is 0 Å². The fraction of sp³-hybridized carbons (Fsp3) is 0.375. The van der Waals surface area contributed by atoms with E-state index in [2.05, 4.69) is 10.2 Å². The lowest BCUT2D eigenvalue weighted by atomic mass is 10.1. The molecule has 0 spiro atoms. The zero-order valence-electron chi connectivity index (χ0n) is 19.5. The van der Waals surface area contributed by atoms with Crippen LogP contribution in [0, 0.1) is 0 Å². The number of aromatic nitrogens is 2. The number of carbonyl (C=O) groups excluding carboxylic acids is 1. The summed E-state index contributed by atoms with van der Waals surface area (Å²) in [6, 6.07) is 11.5. The Morgan fingerprint density at radius 3 is 2.24 bits per heavy atom. The number of nitrogens with zero attached hydrogens (tertiary/aromatic N) is 2. The van der Waals surface area contributed by atoms with Crippen LogP contribution in [0.1, 0.15) is 32.1 Å². The molecule has 0 aliphatic rings. The van der Waals surface area contributed by atoms with Crippen molar-refractivity contribution in [3.63, 3.8) is 0 Å². The van der Waals surface area contributed by atoms with E-state index in [1.165, 1.54) is 11.3 Å². The molecule has 3 aromatic rings. The highest BCUT2D eigenvalue weighted by molar-refractivity contribution is 7.17. The molecule has 0 radical (unpaired) electrons. The Morgan fingerprint density at radius 1 is 0.912 bits per heavy atom. The van der Waals surface area contributed by atoms with Crippen molar-refractivity contribution in [1.82, 2.24) is 15.7 Å². The molecule has 0 aliphatic carbocycles. The van der Waals surface area contributed by atoms with Crippen molar-refractivity contribution >= 4 is 17.2 Å². The maximum Gasteiger partial charge on any atom is 0.243 e. The first-order valence-electron chi connectivity index (χ1n) is 10.9. The lowest BCUT2D eigenvalue weighted by molar-refractivity contribution is -0.129. The van der Waals surface area contributed by atoms with Crippen LogP contribution in [-0.2, 0) is 4.79 Å². The second-order valence-electron chi connectivity index (χ2n) is 7.40. The van der Waals surface area contributed by atoms with Crippen molar-refractivity contribution < 1.29 is 28.9 Å². The summed E-state index contributed by atoms with van der Waals surface area (Å²) < 4.78 is 22.2. The first-order chi connectivity index (χ1) is 16.6.